The van der Waals surface area contributed by atoms with Gasteiger partial charge in [0.25, 0.3) is 0 Å². The molecule has 0 aliphatic rings. The van der Waals surface area contributed by atoms with Crippen molar-refractivity contribution in [2.45, 2.75) is 53.9 Å². The Balaban J connectivity index is 0. The zero-order valence-electron chi connectivity index (χ0n) is 9.97. The van der Waals surface area contributed by atoms with Crippen LogP contribution in [0.2, 0.25) is 0 Å². The summed E-state index contributed by atoms with van der Waals surface area (Å²) in [5.41, 5.74) is 0.0938. The Morgan fingerprint density at radius 2 is 1.54 bits per heavy atom. The number of aromatic nitrogens is 3. The molecule has 0 fully saturated rings. The Morgan fingerprint density at radius 3 is 1.69 bits per heavy atom. The molecule has 0 aliphatic carbocycles. The Hall–Kier alpha value is -0.860. The second-order valence-corrected chi connectivity index (χ2v) is 3.08. The average Bonchev–Trinajstić information content (AvgIpc) is 2.63. The van der Waals surface area contributed by atoms with Gasteiger partial charge in [0.15, 0.2) is 0 Å². The first kappa shape index (κ1) is 14.7. The highest BCUT2D eigenvalue weighted by atomic mass is 15.2. The van der Waals surface area contributed by atoms with Gasteiger partial charge in [0.1, 0.15) is 12.2 Å². The molecule has 0 radical (unpaired) electrons. The number of hydrogen-bond donors (Lipinski definition) is 1. The first-order valence-electron chi connectivity index (χ1n) is 4.96. The van der Waals surface area contributed by atoms with Crippen molar-refractivity contribution in [3.63, 3.8) is 0 Å². The quantitative estimate of drug-likeness (QED) is 0.674. The van der Waals surface area contributed by atoms with E-state index in [0.717, 1.165) is 5.82 Å². The average molecular weight is 185 g/mol. The van der Waals surface area contributed by atoms with Gasteiger partial charge in [0.2, 0.25) is 0 Å². The van der Waals surface area contributed by atoms with Gasteiger partial charge < -0.3 is 0 Å². The van der Waals surface area contributed by atoms with Gasteiger partial charge in [0, 0.05) is 5.41 Å². The standard InChI is InChI=1S/C6H11N3.2C2H6/c1-6(2,3)5-7-4-8-9-5;2*1-2/h4H,1-3H3,(H,7,8,9);2*1-2H3. The summed E-state index contributed by atoms with van der Waals surface area (Å²) in [6.07, 6.45) is 1.53. The second kappa shape index (κ2) is 7.77. The minimum Gasteiger partial charge on any atom is -0.263 e. The molecule has 1 heterocycles. The fourth-order valence-corrected chi connectivity index (χ4v) is 0.567. The predicted molar refractivity (Wildman–Crippen MR) is 57.8 cm³/mol. The van der Waals surface area contributed by atoms with Crippen molar-refractivity contribution in [1.82, 2.24) is 15.2 Å². The maximum absolute atomic E-state index is 4.02. The molecule has 0 spiro atoms. The lowest BCUT2D eigenvalue weighted by Crippen LogP contribution is -2.13. The van der Waals surface area contributed by atoms with E-state index in [0.29, 0.717) is 0 Å². The normalized spacial score (nSPS) is 9.15. The zero-order valence-corrected chi connectivity index (χ0v) is 9.97. The van der Waals surface area contributed by atoms with E-state index >= 15 is 0 Å². The fraction of sp³-hybridized carbons (Fsp3) is 0.800. The first-order valence-corrected chi connectivity index (χ1v) is 4.96. The largest absolute Gasteiger partial charge is 0.263 e. The zero-order chi connectivity index (χ0) is 10.9. The van der Waals surface area contributed by atoms with E-state index in [-0.39, 0.29) is 5.41 Å². The van der Waals surface area contributed by atoms with Crippen molar-refractivity contribution >= 4 is 0 Å². The molecule has 78 valence electrons. The molecule has 0 atom stereocenters. The van der Waals surface area contributed by atoms with E-state index < -0.39 is 0 Å². The van der Waals surface area contributed by atoms with Crippen molar-refractivity contribution in [2.75, 3.05) is 0 Å². The third-order valence-corrected chi connectivity index (χ3v) is 1.13. The SMILES string of the molecule is CC.CC.CC(C)(C)c1ncn[nH]1. The monoisotopic (exact) mass is 185 g/mol. The number of rotatable bonds is 0. The highest BCUT2D eigenvalue weighted by Gasteiger charge is 2.15. The van der Waals surface area contributed by atoms with E-state index in [4.69, 9.17) is 0 Å². The maximum Gasteiger partial charge on any atom is 0.137 e. The molecule has 0 unspecified atom stereocenters. The first-order chi connectivity index (χ1) is 6.11. The van der Waals surface area contributed by atoms with E-state index in [1.807, 2.05) is 27.7 Å². The Morgan fingerprint density at radius 1 is 1.08 bits per heavy atom. The van der Waals surface area contributed by atoms with Crippen LogP contribution in [-0.2, 0) is 5.41 Å². The van der Waals surface area contributed by atoms with Crippen molar-refractivity contribution in [3.8, 4) is 0 Å². The number of nitrogens with one attached hydrogen (secondary N) is 1. The summed E-state index contributed by atoms with van der Waals surface area (Å²) >= 11 is 0. The van der Waals surface area contributed by atoms with Crippen LogP contribution < -0.4 is 0 Å². The molecular formula is C10H23N3. The van der Waals surface area contributed by atoms with Gasteiger partial charge in [-0.3, -0.25) is 5.10 Å². The lowest BCUT2D eigenvalue weighted by atomic mass is 9.96. The molecule has 1 N–H and O–H groups in total. The Labute approximate surface area is 82.0 Å². The molecular weight excluding hydrogens is 162 g/mol. The number of nitrogens with zero attached hydrogens (tertiary/aromatic N) is 2. The van der Waals surface area contributed by atoms with Crippen LogP contribution in [0.5, 0.6) is 0 Å². The topological polar surface area (TPSA) is 41.6 Å². The van der Waals surface area contributed by atoms with Crippen molar-refractivity contribution in [3.05, 3.63) is 12.2 Å². The lowest BCUT2D eigenvalue weighted by Gasteiger charge is -2.12. The van der Waals surface area contributed by atoms with Gasteiger partial charge in [-0.25, -0.2) is 4.98 Å². The van der Waals surface area contributed by atoms with Gasteiger partial charge in [-0.1, -0.05) is 48.5 Å². The Kier molecular flexibility index (Phi) is 8.76. The van der Waals surface area contributed by atoms with E-state index in [1.54, 1.807) is 0 Å². The van der Waals surface area contributed by atoms with Crippen molar-refractivity contribution in [2.24, 2.45) is 0 Å². The molecule has 0 aliphatic heterocycles. The highest BCUT2D eigenvalue weighted by Crippen LogP contribution is 2.15. The number of aromatic amines is 1. The van der Waals surface area contributed by atoms with Crippen LogP contribution in [0.3, 0.4) is 0 Å². The van der Waals surface area contributed by atoms with Crippen LogP contribution in [0, 0.1) is 0 Å². The van der Waals surface area contributed by atoms with Gasteiger partial charge in [0.05, 0.1) is 0 Å². The van der Waals surface area contributed by atoms with Gasteiger partial charge in [-0.05, 0) is 0 Å². The van der Waals surface area contributed by atoms with E-state index in [2.05, 4.69) is 36.0 Å². The molecule has 3 heteroatoms. The molecule has 0 saturated carbocycles. The minimum atomic E-state index is 0.0938. The molecule has 1 aromatic heterocycles. The molecule has 1 rings (SSSR count). The summed E-state index contributed by atoms with van der Waals surface area (Å²) in [6.45, 7) is 14.3. The van der Waals surface area contributed by atoms with Crippen LogP contribution in [-0.4, -0.2) is 15.2 Å². The maximum atomic E-state index is 4.02. The van der Waals surface area contributed by atoms with Crippen molar-refractivity contribution < 1.29 is 0 Å². The molecule has 0 bridgehead atoms. The molecule has 0 amide bonds. The predicted octanol–water partition coefficient (Wildman–Crippen LogP) is 3.15. The molecule has 0 saturated heterocycles. The smallest absolute Gasteiger partial charge is 0.137 e. The summed E-state index contributed by atoms with van der Waals surface area (Å²) in [7, 11) is 0. The fourth-order valence-electron chi connectivity index (χ4n) is 0.567. The van der Waals surface area contributed by atoms with E-state index in [1.165, 1.54) is 6.33 Å². The lowest BCUT2D eigenvalue weighted by molar-refractivity contribution is 0.548. The van der Waals surface area contributed by atoms with Crippen LogP contribution in [0.15, 0.2) is 6.33 Å². The summed E-state index contributed by atoms with van der Waals surface area (Å²) in [5.74, 6) is 0.933. The molecule has 13 heavy (non-hydrogen) atoms. The highest BCUT2D eigenvalue weighted by molar-refractivity contribution is 4.97. The van der Waals surface area contributed by atoms with Gasteiger partial charge in [-0.2, -0.15) is 5.10 Å². The summed E-state index contributed by atoms with van der Waals surface area (Å²) in [4.78, 5) is 4.02. The summed E-state index contributed by atoms with van der Waals surface area (Å²) in [5, 5.41) is 6.57. The second-order valence-electron chi connectivity index (χ2n) is 3.08. The van der Waals surface area contributed by atoms with Gasteiger partial charge >= 0.3 is 0 Å². The molecule has 1 aromatic rings. The minimum absolute atomic E-state index is 0.0938. The van der Waals surface area contributed by atoms with Crippen LogP contribution >= 0.6 is 0 Å². The molecule has 0 aromatic carbocycles. The Bertz CT molecular complexity index is 173. The molecule has 3 nitrogen and oxygen atoms in total. The third kappa shape index (κ3) is 6.31. The van der Waals surface area contributed by atoms with Crippen LogP contribution in [0.1, 0.15) is 54.3 Å². The van der Waals surface area contributed by atoms with Gasteiger partial charge in [-0.15, -0.1) is 0 Å². The summed E-state index contributed by atoms with van der Waals surface area (Å²) in [6, 6.07) is 0. The summed E-state index contributed by atoms with van der Waals surface area (Å²) < 4.78 is 0. The third-order valence-electron chi connectivity index (χ3n) is 1.13. The van der Waals surface area contributed by atoms with E-state index in [9.17, 15) is 0 Å². The number of H-pyrrole nitrogens is 1. The van der Waals surface area contributed by atoms with Crippen LogP contribution in [0.4, 0.5) is 0 Å². The number of hydrogen-bond acceptors (Lipinski definition) is 2. The van der Waals surface area contributed by atoms with Crippen molar-refractivity contribution in [1.29, 1.82) is 0 Å². The van der Waals surface area contributed by atoms with Crippen LogP contribution in [0.25, 0.3) is 0 Å².